The number of imidazole rings is 1. The highest BCUT2D eigenvalue weighted by atomic mass is 19.1. The van der Waals surface area contributed by atoms with Crippen LogP contribution in [0, 0.1) is 17.1 Å². The summed E-state index contributed by atoms with van der Waals surface area (Å²) in [6.07, 6.45) is 1.55. The standard InChI is InChI=1S/C13H12FN3/c1-13(2,8-15)12-16-7-11(17-12)9-5-3-4-6-10(9)14/h3-7H,1-2H3,(H,16,17). The molecule has 2 aromatic rings. The lowest BCUT2D eigenvalue weighted by Crippen LogP contribution is -2.15. The van der Waals surface area contributed by atoms with Crippen LogP contribution < -0.4 is 0 Å². The van der Waals surface area contributed by atoms with Gasteiger partial charge in [0.15, 0.2) is 0 Å². The Hall–Kier alpha value is -2.15. The lowest BCUT2D eigenvalue weighted by Gasteiger charge is -2.10. The van der Waals surface area contributed by atoms with Gasteiger partial charge in [0.1, 0.15) is 17.1 Å². The van der Waals surface area contributed by atoms with Crippen LogP contribution in [0.1, 0.15) is 19.7 Å². The van der Waals surface area contributed by atoms with Crippen molar-refractivity contribution in [2.24, 2.45) is 0 Å². The smallest absolute Gasteiger partial charge is 0.132 e. The van der Waals surface area contributed by atoms with Gasteiger partial charge in [0.25, 0.3) is 0 Å². The maximum absolute atomic E-state index is 13.6. The third-order valence-electron chi connectivity index (χ3n) is 2.61. The molecule has 1 N–H and O–H groups in total. The quantitative estimate of drug-likeness (QED) is 0.860. The number of rotatable bonds is 2. The molecule has 0 spiro atoms. The molecule has 1 heterocycles. The summed E-state index contributed by atoms with van der Waals surface area (Å²) in [6, 6.07) is 8.61. The van der Waals surface area contributed by atoms with Gasteiger partial charge in [-0.25, -0.2) is 9.37 Å². The van der Waals surface area contributed by atoms with Gasteiger partial charge in [-0.2, -0.15) is 5.26 Å². The van der Waals surface area contributed by atoms with Crippen LogP contribution in [0.2, 0.25) is 0 Å². The largest absolute Gasteiger partial charge is 0.341 e. The second-order valence-corrected chi connectivity index (χ2v) is 4.36. The first-order valence-corrected chi connectivity index (χ1v) is 5.26. The topological polar surface area (TPSA) is 52.5 Å². The summed E-state index contributed by atoms with van der Waals surface area (Å²) >= 11 is 0. The van der Waals surface area contributed by atoms with E-state index in [2.05, 4.69) is 16.0 Å². The van der Waals surface area contributed by atoms with Gasteiger partial charge in [0.2, 0.25) is 0 Å². The molecule has 1 aromatic carbocycles. The van der Waals surface area contributed by atoms with Crippen molar-refractivity contribution >= 4 is 0 Å². The molecule has 0 saturated carbocycles. The minimum atomic E-state index is -0.705. The highest BCUT2D eigenvalue weighted by Gasteiger charge is 2.23. The molecule has 0 amide bonds. The summed E-state index contributed by atoms with van der Waals surface area (Å²) in [6.45, 7) is 3.52. The van der Waals surface area contributed by atoms with Crippen LogP contribution in [0.4, 0.5) is 4.39 Å². The molecule has 0 bridgehead atoms. The van der Waals surface area contributed by atoms with E-state index in [0.717, 1.165) is 0 Å². The molecule has 0 fully saturated rings. The fourth-order valence-electron chi connectivity index (χ4n) is 1.51. The number of hydrogen-bond donors (Lipinski definition) is 1. The molecule has 0 radical (unpaired) electrons. The van der Waals surface area contributed by atoms with Gasteiger partial charge in [-0.3, -0.25) is 0 Å². The monoisotopic (exact) mass is 229 g/mol. The molecule has 0 saturated heterocycles. The summed E-state index contributed by atoms with van der Waals surface area (Å²) < 4.78 is 13.6. The lowest BCUT2D eigenvalue weighted by atomic mass is 9.95. The third kappa shape index (κ3) is 2.04. The number of hydrogen-bond acceptors (Lipinski definition) is 2. The van der Waals surface area contributed by atoms with E-state index in [1.54, 1.807) is 38.2 Å². The van der Waals surface area contributed by atoms with Crippen molar-refractivity contribution < 1.29 is 4.39 Å². The van der Waals surface area contributed by atoms with Crippen LogP contribution in [0.3, 0.4) is 0 Å². The number of aromatic nitrogens is 2. The van der Waals surface area contributed by atoms with Crippen molar-refractivity contribution in [3.8, 4) is 17.3 Å². The van der Waals surface area contributed by atoms with Gasteiger partial charge in [-0.15, -0.1) is 0 Å². The molecular weight excluding hydrogens is 217 g/mol. The van der Waals surface area contributed by atoms with E-state index in [4.69, 9.17) is 5.26 Å². The normalized spacial score (nSPS) is 11.2. The second-order valence-electron chi connectivity index (χ2n) is 4.36. The molecule has 86 valence electrons. The van der Waals surface area contributed by atoms with E-state index in [1.807, 2.05) is 0 Å². The molecule has 4 heteroatoms. The van der Waals surface area contributed by atoms with Crippen molar-refractivity contribution in [3.63, 3.8) is 0 Å². The minimum absolute atomic E-state index is 0.308. The van der Waals surface area contributed by atoms with Gasteiger partial charge < -0.3 is 4.98 Å². The number of aromatic amines is 1. The average molecular weight is 229 g/mol. The Morgan fingerprint density at radius 2 is 2.06 bits per heavy atom. The number of benzene rings is 1. The fourth-order valence-corrected chi connectivity index (χ4v) is 1.51. The summed E-state index contributed by atoms with van der Waals surface area (Å²) in [7, 11) is 0. The Bertz CT molecular complexity index is 578. The Balaban J connectivity index is 2.45. The zero-order valence-corrected chi connectivity index (χ0v) is 9.66. The maximum Gasteiger partial charge on any atom is 0.132 e. The molecule has 1 aromatic heterocycles. The zero-order valence-electron chi connectivity index (χ0n) is 9.66. The van der Waals surface area contributed by atoms with Crippen LogP contribution >= 0.6 is 0 Å². The number of nitriles is 1. The second kappa shape index (κ2) is 4.02. The molecular formula is C13H12FN3. The molecule has 0 aliphatic heterocycles. The van der Waals surface area contributed by atoms with Gasteiger partial charge in [0, 0.05) is 5.56 Å². The van der Waals surface area contributed by atoms with E-state index >= 15 is 0 Å². The van der Waals surface area contributed by atoms with E-state index < -0.39 is 5.41 Å². The minimum Gasteiger partial charge on any atom is -0.341 e. The summed E-state index contributed by atoms with van der Waals surface area (Å²) in [5.41, 5.74) is 0.338. The van der Waals surface area contributed by atoms with Crippen LogP contribution in [-0.2, 0) is 5.41 Å². The number of H-pyrrole nitrogens is 1. The average Bonchev–Trinajstić information content (AvgIpc) is 2.79. The van der Waals surface area contributed by atoms with E-state index in [0.29, 0.717) is 17.1 Å². The summed E-state index contributed by atoms with van der Waals surface area (Å²) in [5, 5.41) is 9.00. The molecule has 17 heavy (non-hydrogen) atoms. The maximum atomic E-state index is 13.6. The first-order valence-electron chi connectivity index (χ1n) is 5.26. The van der Waals surface area contributed by atoms with Crippen LogP contribution in [0.5, 0.6) is 0 Å². The van der Waals surface area contributed by atoms with Crippen molar-refractivity contribution in [2.75, 3.05) is 0 Å². The highest BCUT2D eigenvalue weighted by molar-refractivity contribution is 5.59. The number of nitrogens with zero attached hydrogens (tertiary/aromatic N) is 2. The van der Waals surface area contributed by atoms with Crippen molar-refractivity contribution in [2.45, 2.75) is 19.3 Å². The zero-order chi connectivity index (χ0) is 12.5. The van der Waals surface area contributed by atoms with Gasteiger partial charge in [-0.05, 0) is 26.0 Å². The Morgan fingerprint density at radius 1 is 1.35 bits per heavy atom. The van der Waals surface area contributed by atoms with Crippen molar-refractivity contribution in [1.82, 2.24) is 9.97 Å². The Morgan fingerprint density at radius 3 is 2.71 bits per heavy atom. The highest BCUT2D eigenvalue weighted by Crippen LogP contribution is 2.24. The molecule has 0 aliphatic rings. The summed E-state index contributed by atoms with van der Waals surface area (Å²) in [4.78, 5) is 7.12. The predicted molar refractivity (Wildman–Crippen MR) is 62.6 cm³/mol. The molecule has 0 aliphatic carbocycles. The molecule has 3 nitrogen and oxygen atoms in total. The van der Waals surface area contributed by atoms with Crippen molar-refractivity contribution in [3.05, 3.63) is 42.1 Å². The Kier molecular flexibility index (Phi) is 2.68. The molecule has 0 unspecified atom stereocenters. The van der Waals surface area contributed by atoms with Gasteiger partial charge >= 0.3 is 0 Å². The summed E-state index contributed by atoms with van der Waals surface area (Å²) in [5.74, 6) is 0.232. The predicted octanol–water partition coefficient (Wildman–Crippen LogP) is 3.02. The lowest BCUT2D eigenvalue weighted by molar-refractivity contribution is 0.628. The van der Waals surface area contributed by atoms with Gasteiger partial charge in [-0.1, -0.05) is 12.1 Å². The first kappa shape index (κ1) is 11.3. The van der Waals surface area contributed by atoms with E-state index in [9.17, 15) is 4.39 Å². The van der Waals surface area contributed by atoms with Crippen LogP contribution in [-0.4, -0.2) is 9.97 Å². The SMILES string of the molecule is CC(C)(C#N)c1ncc(-c2ccccc2F)[nH]1. The molecule has 2 rings (SSSR count). The Labute approximate surface area is 98.9 Å². The third-order valence-corrected chi connectivity index (χ3v) is 2.61. The van der Waals surface area contributed by atoms with E-state index in [-0.39, 0.29) is 5.82 Å². The fraction of sp³-hybridized carbons (Fsp3) is 0.231. The van der Waals surface area contributed by atoms with Crippen LogP contribution in [0.15, 0.2) is 30.5 Å². The van der Waals surface area contributed by atoms with Crippen LogP contribution in [0.25, 0.3) is 11.3 Å². The number of halogens is 1. The van der Waals surface area contributed by atoms with Crippen molar-refractivity contribution in [1.29, 1.82) is 5.26 Å². The number of nitrogens with one attached hydrogen (secondary N) is 1. The molecule has 0 atom stereocenters. The van der Waals surface area contributed by atoms with Gasteiger partial charge in [0.05, 0.1) is 18.0 Å². The first-order chi connectivity index (χ1) is 8.04. The van der Waals surface area contributed by atoms with E-state index in [1.165, 1.54) is 6.07 Å².